The van der Waals surface area contributed by atoms with Crippen LogP contribution in [0.25, 0.3) is 27.6 Å². The molecule has 4 rings (SSSR count). The molecule has 1 aliphatic rings. The van der Waals surface area contributed by atoms with E-state index in [0.717, 1.165) is 41.2 Å². The summed E-state index contributed by atoms with van der Waals surface area (Å²) in [6, 6.07) is 20.0. The molecule has 1 heterocycles. The van der Waals surface area contributed by atoms with Crippen molar-refractivity contribution < 1.29 is 9.90 Å². The second kappa shape index (κ2) is 14.7. The van der Waals surface area contributed by atoms with Gasteiger partial charge in [-0.05, 0) is 89.9 Å². The fourth-order valence-electron chi connectivity index (χ4n) is 6.39. The Kier molecular flexibility index (Phi) is 11.0. The lowest BCUT2D eigenvalue weighted by molar-refractivity contribution is -0.132. The summed E-state index contributed by atoms with van der Waals surface area (Å²) in [6.07, 6.45) is 13.3. The van der Waals surface area contributed by atoms with E-state index in [4.69, 9.17) is 0 Å². The van der Waals surface area contributed by atoms with E-state index in [1.807, 2.05) is 12.1 Å². The number of anilines is 1. The molecule has 4 nitrogen and oxygen atoms in total. The molecule has 5 heteroatoms. The van der Waals surface area contributed by atoms with E-state index in [1.54, 1.807) is 6.07 Å². The van der Waals surface area contributed by atoms with Crippen LogP contribution >= 0.6 is 11.3 Å². The largest absolute Gasteiger partial charge is 0.477 e. The monoisotopic (exact) mass is 582 g/mol. The third-order valence-electron chi connectivity index (χ3n) is 8.74. The van der Waals surface area contributed by atoms with Crippen LogP contribution in [0.3, 0.4) is 0 Å². The van der Waals surface area contributed by atoms with Crippen molar-refractivity contribution >= 4 is 29.1 Å². The first kappa shape index (κ1) is 31.6. The molecular weight excluding hydrogens is 536 g/mol. The van der Waals surface area contributed by atoms with Crippen LogP contribution in [0.5, 0.6) is 0 Å². The van der Waals surface area contributed by atoms with Crippen molar-refractivity contribution in [1.29, 1.82) is 5.26 Å². The highest BCUT2D eigenvalue weighted by Gasteiger charge is 2.42. The van der Waals surface area contributed by atoms with Crippen molar-refractivity contribution in [1.82, 2.24) is 0 Å². The number of carboxylic acid groups (broad SMARTS) is 1. The van der Waals surface area contributed by atoms with E-state index < -0.39 is 5.97 Å². The van der Waals surface area contributed by atoms with Crippen molar-refractivity contribution in [3.05, 3.63) is 70.1 Å². The number of carboxylic acids is 1. The van der Waals surface area contributed by atoms with E-state index in [9.17, 15) is 15.2 Å². The Morgan fingerprint density at radius 1 is 0.857 bits per heavy atom. The van der Waals surface area contributed by atoms with Gasteiger partial charge in [-0.1, -0.05) is 84.4 Å². The van der Waals surface area contributed by atoms with Crippen molar-refractivity contribution in [2.75, 3.05) is 18.0 Å². The third-order valence-corrected chi connectivity index (χ3v) is 9.82. The Morgan fingerprint density at radius 2 is 1.45 bits per heavy atom. The summed E-state index contributed by atoms with van der Waals surface area (Å²) in [7, 11) is 0. The average Bonchev–Trinajstić information content (AvgIpc) is 3.58. The fraction of sp³-hybridized carbons (Fsp3) is 0.459. The molecule has 0 bridgehead atoms. The number of rotatable bonds is 16. The highest BCUT2D eigenvalue weighted by Crippen LogP contribution is 2.55. The second-order valence-corrected chi connectivity index (χ2v) is 12.8. The molecule has 1 aliphatic carbocycles. The maximum Gasteiger partial charge on any atom is 0.346 e. The molecule has 0 saturated carbocycles. The number of nitrogens with zero attached hydrogens (tertiary/aromatic N) is 2. The number of benzene rings is 2. The molecule has 0 radical (unpaired) electrons. The maximum absolute atomic E-state index is 11.4. The molecule has 0 spiro atoms. The first-order valence-electron chi connectivity index (χ1n) is 15.9. The van der Waals surface area contributed by atoms with Gasteiger partial charge in [-0.25, -0.2) is 4.79 Å². The normalized spacial score (nSPS) is 13.5. The second-order valence-electron chi connectivity index (χ2n) is 11.7. The summed E-state index contributed by atoms with van der Waals surface area (Å²) < 4.78 is 0. The smallest absolute Gasteiger partial charge is 0.346 e. The fourth-order valence-corrected chi connectivity index (χ4v) is 7.34. The molecule has 0 atom stereocenters. The van der Waals surface area contributed by atoms with E-state index in [2.05, 4.69) is 69.0 Å². The zero-order valence-corrected chi connectivity index (χ0v) is 26.7. The van der Waals surface area contributed by atoms with Crippen LogP contribution in [-0.2, 0) is 10.2 Å². The van der Waals surface area contributed by atoms with Crippen LogP contribution in [0.15, 0.2) is 54.1 Å². The number of fused-ring (bicyclic) bond motifs is 3. The Labute approximate surface area is 256 Å². The van der Waals surface area contributed by atoms with Gasteiger partial charge in [0.15, 0.2) is 0 Å². The van der Waals surface area contributed by atoms with Gasteiger partial charge in [-0.15, -0.1) is 11.3 Å². The molecule has 0 saturated heterocycles. The molecule has 2 aromatic carbocycles. The molecule has 3 aromatic rings. The lowest BCUT2D eigenvalue weighted by Gasteiger charge is -2.34. The summed E-state index contributed by atoms with van der Waals surface area (Å²) in [5.74, 6) is -1.19. The van der Waals surface area contributed by atoms with Crippen LogP contribution in [0.4, 0.5) is 5.69 Å². The molecule has 0 fully saturated rings. The standard InChI is InChI=1S/C37H46N2O2S/c1-5-9-19-37(20-10-6-2)33-24-27(35-18-15-30(42-35)23-28(26-38)36(40)41)13-16-31(33)32-17-14-29(25-34(32)37)39(21-11-7-3)22-12-8-4/h13-18,23-25H,5-12,19-22H2,1-4H3,(H,40,41). The number of unbranched alkanes of at least 4 members (excludes halogenated alkanes) is 4. The van der Waals surface area contributed by atoms with Crippen LogP contribution in [-0.4, -0.2) is 24.2 Å². The van der Waals surface area contributed by atoms with E-state index in [0.29, 0.717) is 0 Å². The van der Waals surface area contributed by atoms with Gasteiger partial charge in [0.25, 0.3) is 0 Å². The van der Waals surface area contributed by atoms with Gasteiger partial charge in [0.2, 0.25) is 0 Å². The van der Waals surface area contributed by atoms with E-state index >= 15 is 0 Å². The van der Waals surface area contributed by atoms with Crippen molar-refractivity contribution in [2.45, 2.75) is 97.3 Å². The topological polar surface area (TPSA) is 64.3 Å². The van der Waals surface area contributed by atoms with Gasteiger partial charge in [0.1, 0.15) is 11.6 Å². The van der Waals surface area contributed by atoms with Gasteiger partial charge in [0.05, 0.1) is 0 Å². The Bertz CT molecular complexity index is 1430. The SMILES string of the molecule is CCCCN(CCCC)c1ccc2c(c1)C(CCCC)(CCCC)c1cc(-c3ccc(C=C(C#N)C(=O)O)s3)ccc1-2. The molecule has 42 heavy (non-hydrogen) atoms. The first-order chi connectivity index (χ1) is 20.4. The predicted molar refractivity (Wildman–Crippen MR) is 178 cm³/mol. The summed E-state index contributed by atoms with van der Waals surface area (Å²) in [6.45, 7) is 11.3. The van der Waals surface area contributed by atoms with E-state index in [1.165, 1.54) is 96.7 Å². The predicted octanol–water partition coefficient (Wildman–Crippen LogP) is 10.5. The summed E-state index contributed by atoms with van der Waals surface area (Å²) in [4.78, 5) is 15.9. The van der Waals surface area contributed by atoms with Crippen LogP contribution < -0.4 is 4.90 Å². The number of thiophene rings is 1. The summed E-state index contributed by atoms with van der Waals surface area (Å²) in [5.41, 5.74) is 7.95. The number of hydrogen-bond acceptors (Lipinski definition) is 4. The van der Waals surface area contributed by atoms with Crippen LogP contribution in [0.1, 0.15) is 108 Å². The van der Waals surface area contributed by atoms with Crippen LogP contribution in [0.2, 0.25) is 0 Å². The molecule has 0 amide bonds. The van der Waals surface area contributed by atoms with Crippen molar-refractivity contribution in [3.8, 4) is 27.6 Å². The Morgan fingerprint density at radius 3 is 2.02 bits per heavy atom. The average molecular weight is 583 g/mol. The minimum Gasteiger partial charge on any atom is -0.477 e. The van der Waals surface area contributed by atoms with E-state index in [-0.39, 0.29) is 11.0 Å². The first-order valence-corrected chi connectivity index (χ1v) is 16.7. The Balaban J connectivity index is 1.83. The van der Waals surface area contributed by atoms with Gasteiger partial charge < -0.3 is 10.0 Å². The Hall–Kier alpha value is -3.36. The lowest BCUT2D eigenvalue weighted by Crippen LogP contribution is -2.28. The molecule has 1 aromatic heterocycles. The van der Waals surface area contributed by atoms with Crippen molar-refractivity contribution in [3.63, 3.8) is 0 Å². The molecular formula is C37H46N2O2S. The van der Waals surface area contributed by atoms with Gasteiger partial charge >= 0.3 is 5.97 Å². The maximum atomic E-state index is 11.4. The summed E-state index contributed by atoms with van der Waals surface area (Å²) in [5, 5.41) is 18.5. The molecule has 222 valence electrons. The minimum atomic E-state index is -1.19. The number of aliphatic carboxylic acids is 1. The summed E-state index contributed by atoms with van der Waals surface area (Å²) >= 11 is 1.54. The number of nitriles is 1. The molecule has 1 N–H and O–H groups in total. The zero-order valence-electron chi connectivity index (χ0n) is 25.8. The highest BCUT2D eigenvalue weighted by molar-refractivity contribution is 7.16. The molecule has 0 unspecified atom stereocenters. The minimum absolute atomic E-state index is 0.0127. The highest BCUT2D eigenvalue weighted by atomic mass is 32.1. The number of hydrogen-bond donors (Lipinski definition) is 1. The third kappa shape index (κ3) is 6.65. The molecule has 0 aliphatic heterocycles. The number of carbonyl (C=O) groups is 1. The van der Waals surface area contributed by atoms with Crippen molar-refractivity contribution in [2.24, 2.45) is 0 Å². The van der Waals surface area contributed by atoms with Crippen LogP contribution in [0, 0.1) is 11.3 Å². The zero-order chi connectivity index (χ0) is 30.1. The lowest BCUT2D eigenvalue weighted by atomic mass is 9.70. The quantitative estimate of drug-likeness (QED) is 0.135. The van der Waals surface area contributed by atoms with Gasteiger partial charge in [-0.2, -0.15) is 5.26 Å². The van der Waals surface area contributed by atoms with Gasteiger partial charge in [0, 0.05) is 33.9 Å². The van der Waals surface area contributed by atoms with Gasteiger partial charge in [-0.3, -0.25) is 0 Å².